The van der Waals surface area contributed by atoms with E-state index in [0.717, 1.165) is 20.9 Å². The molecule has 0 aliphatic rings. The molecule has 0 aliphatic heterocycles. The van der Waals surface area contributed by atoms with Gasteiger partial charge in [-0.3, -0.25) is 9.78 Å². The molecule has 3 aromatic rings. The summed E-state index contributed by atoms with van der Waals surface area (Å²) in [5, 5.41) is 6.67. The number of carbonyl (C=O) groups is 2. The van der Waals surface area contributed by atoms with E-state index in [1.165, 1.54) is 6.20 Å². The molecule has 1 unspecified atom stereocenters. The van der Waals surface area contributed by atoms with Gasteiger partial charge in [-0.25, -0.2) is 4.79 Å². The minimum atomic E-state index is -0.607. The van der Waals surface area contributed by atoms with Gasteiger partial charge in [-0.05, 0) is 51.1 Å². The number of hydrogen-bond acceptors (Lipinski definition) is 4. The predicted molar refractivity (Wildman–Crippen MR) is 115 cm³/mol. The van der Waals surface area contributed by atoms with Gasteiger partial charge in [0.1, 0.15) is 5.60 Å². The molecule has 152 valence electrons. The van der Waals surface area contributed by atoms with Crippen molar-refractivity contribution in [2.75, 3.05) is 6.54 Å². The van der Waals surface area contributed by atoms with Gasteiger partial charge in [-0.15, -0.1) is 0 Å². The van der Waals surface area contributed by atoms with Crippen molar-refractivity contribution in [3.63, 3.8) is 0 Å². The van der Waals surface area contributed by atoms with E-state index in [0.29, 0.717) is 5.56 Å². The fourth-order valence-electron chi connectivity index (χ4n) is 2.88. The molecule has 0 bridgehead atoms. The predicted octanol–water partition coefficient (Wildman–Crippen LogP) is 4.32. The van der Waals surface area contributed by atoms with Gasteiger partial charge in [-0.1, -0.05) is 15.9 Å². The van der Waals surface area contributed by atoms with E-state index in [9.17, 15) is 9.59 Å². The Morgan fingerprint density at radius 3 is 2.76 bits per heavy atom. The minimum absolute atomic E-state index is 0.167. The number of ether oxygens (including phenoxy) is 1. The Balaban J connectivity index is 1.85. The fourth-order valence-corrected chi connectivity index (χ4v) is 3.24. The quantitative estimate of drug-likeness (QED) is 0.530. The number of carbonyl (C=O) groups excluding carboxylic acids is 2. The van der Waals surface area contributed by atoms with Crippen molar-refractivity contribution in [1.29, 1.82) is 0 Å². The smallest absolute Gasteiger partial charge is 0.407 e. The molecule has 0 spiro atoms. The fraction of sp³-hybridized carbons (Fsp3) is 0.286. The van der Waals surface area contributed by atoms with Gasteiger partial charge in [-0.2, -0.15) is 0 Å². The Morgan fingerprint density at radius 1 is 1.28 bits per heavy atom. The number of nitrogens with one attached hydrogen (secondary N) is 3. The number of alkyl carbamates (subject to hydrolysis) is 1. The number of rotatable bonds is 5. The summed E-state index contributed by atoms with van der Waals surface area (Å²) in [6.07, 6.45) is 4.40. The molecule has 3 rings (SSSR count). The van der Waals surface area contributed by atoms with Crippen molar-refractivity contribution < 1.29 is 14.3 Å². The normalized spacial score (nSPS) is 12.4. The first-order valence-electron chi connectivity index (χ1n) is 9.17. The number of aromatic amines is 1. The van der Waals surface area contributed by atoms with Crippen LogP contribution in [0.3, 0.4) is 0 Å². The Hall–Kier alpha value is -2.87. The van der Waals surface area contributed by atoms with Crippen LogP contribution < -0.4 is 10.6 Å². The highest BCUT2D eigenvalue weighted by Gasteiger charge is 2.22. The molecule has 0 aliphatic carbocycles. The zero-order valence-corrected chi connectivity index (χ0v) is 18.0. The highest BCUT2D eigenvalue weighted by molar-refractivity contribution is 9.10. The topological polar surface area (TPSA) is 96.1 Å². The maximum Gasteiger partial charge on any atom is 0.407 e. The van der Waals surface area contributed by atoms with Gasteiger partial charge in [0.05, 0.1) is 11.6 Å². The molecule has 29 heavy (non-hydrogen) atoms. The second-order valence-corrected chi connectivity index (χ2v) is 8.50. The van der Waals surface area contributed by atoms with Gasteiger partial charge in [0.2, 0.25) is 0 Å². The standard InChI is InChI=1S/C21H23BrN4O3/c1-21(2,3)29-20(28)25-12-18(26-19(27)13-5-4-8-23-10-13)16-11-24-17-7-6-14(22)9-15(16)17/h4-11,18,24H,12H2,1-3H3,(H,25,28)(H,26,27). The van der Waals surface area contributed by atoms with Crippen molar-refractivity contribution in [1.82, 2.24) is 20.6 Å². The highest BCUT2D eigenvalue weighted by Crippen LogP contribution is 2.27. The first kappa shape index (κ1) is 20.9. The van der Waals surface area contributed by atoms with E-state index >= 15 is 0 Å². The van der Waals surface area contributed by atoms with Gasteiger partial charge in [0, 0.05) is 46.1 Å². The number of fused-ring (bicyclic) bond motifs is 1. The third kappa shape index (κ3) is 5.57. The summed E-state index contributed by atoms with van der Waals surface area (Å²) in [4.78, 5) is 32.0. The average Bonchev–Trinajstić information content (AvgIpc) is 3.07. The van der Waals surface area contributed by atoms with Crippen molar-refractivity contribution in [2.45, 2.75) is 32.4 Å². The third-order valence-electron chi connectivity index (χ3n) is 4.13. The van der Waals surface area contributed by atoms with Crippen LogP contribution >= 0.6 is 15.9 Å². The zero-order valence-electron chi connectivity index (χ0n) is 16.5. The molecule has 2 heterocycles. The monoisotopic (exact) mass is 458 g/mol. The Morgan fingerprint density at radius 2 is 2.07 bits per heavy atom. The first-order valence-corrected chi connectivity index (χ1v) is 9.96. The van der Waals surface area contributed by atoms with Gasteiger partial charge in [0.25, 0.3) is 5.91 Å². The largest absolute Gasteiger partial charge is 0.444 e. The summed E-state index contributed by atoms with van der Waals surface area (Å²) in [6, 6.07) is 8.77. The van der Waals surface area contributed by atoms with E-state index in [4.69, 9.17) is 4.74 Å². The van der Waals surface area contributed by atoms with Crippen molar-refractivity contribution in [2.24, 2.45) is 0 Å². The molecule has 8 heteroatoms. The number of halogens is 1. The summed E-state index contributed by atoms with van der Waals surface area (Å²) in [5.41, 5.74) is 1.62. The molecule has 3 N–H and O–H groups in total. The SMILES string of the molecule is CC(C)(C)OC(=O)NCC(NC(=O)c1cccnc1)c1c[nH]c2ccc(Br)cc12. The molecule has 0 saturated heterocycles. The van der Waals surface area contributed by atoms with E-state index < -0.39 is 17.7 Å². The maximum absolute atomic E-state index is 12.7. The van der Waals surface area contributed by atoms with Crippen molar-refractivity contribution in [3.05, 3.63) is 64.5 Å². The first-order chi connectivity index (χ1) is 13.7. The number of pyridine rings is 1. The third-order valence-corrected chi connectivity index (χ3v) is 4.62. The lowest BCUT2D eigenvalue weighted by atomic mass is 10.1. The van der Waals surface area contributed by atoms with Crippen LogP contribution in [0.15, 0.2) is 53.4 Å². The van der Waals surface area contributed by atoms with E-state index in [1.54, 1.807) is 39.1 Å². The Kier molecular flexibility index (Phi) is 6.22. The van der Waals surface area contributed by atoms with E-state index in [2.05, 4.69) is 36.5 Å². The van der Waals surface area contributed by atoms with Crippen LogP contribution in [-0.4, -0.2) is 34.1 Å². The number of nitrogens with zero attached hydrogens (tertiary/aromatic N) is 1. The number of H-pyrrole nitrogens is 1. The molecule has 2 amide bonds. The van der Waals surface area contributed by atoms with Crippen LogP contribution in [0.25, 0.3) is 10.9 Å². The van der Waals surface area contributed by atoms with E-state index in [-0.39, 0.29) is 12.5 Å². The maximum atomic E-state index is 12.7. The number of hydrogen-bond donors (Lipinski definition) is 3. The van der Waals surface area contributed by atoms with Crippen molar-refractivity contribution in [3.8, 4) is 0 Å². The summed E-state index contributed by atoms with van der Waals surface area (Å²) >= 11 is 3.48. The summed E-state index contributed by atoms with van der Waals surface area (Å²) < 4.78 is 6.23. The highest BCUT2D eigenvalue weighted by atomic mass is 79.9. The van der Waals surface area contributed by atoms with Crippen LogP contribution in [0.5, 0.6) is 0 Å². The molecule has 0 radical (unpaired) electrons. The lowest BCUT2D eigenvalue weighted by molar-refractivity contribution is 0.0520. The number of benzene rings is 1. The molecule has 0 saturated carbocycles. The molecule has 1 atom stereocenters. The minimum Gasteiger partial charge on any atom is -0.444 e. The van der Waals surface area contributed by atoms with Gasteiger partial charge in [0.15, 0.2) is 0 Å². The van der Waals surface area contributed by atoms with Crippen molar-refractivity contribution >= 4 is 38.8 Å². The molecular weight excluding hydrogens is 436 g/mol. The van der Waals surface area contributed by atoms with Crippen LogP contribution in [-0.2, 0) is 4.74 Å². The molecule has 1 aromatic carbocycles. The number of aromatic nitrogens is 2. The zero-order chi connectivity index (χ0) is 21.0. The van der Waals surface area contributed by atoms with Crippen LogP contribution in [0.2, 0.25) is 0 Å². The van der Waals surface area contributed by atoms with E-state index in [1.807, 2.05) is 24.4 Å². The van der Waals surface area contributed by atoms with Gasteiger partial charge < -0.3 is 20.4 Å². The summed E-state index contributed by atoms with van der Waals surface area (Å²) in [5.74, 6) is -0.279. The van der Waals surface area contributed by atoms with Crippen LogP contribution in [0.4, 0.5) is 4.79 Å². The molecular formula is C21H23BrN4O3. The van der Waals surface area contributed by atoms with Crippen LogP contribution in [0.1, 0.15) is 42.7 Å². The molecule has 2 aromatic heterocycles. The summed E-state index contributed by atoms with van der Waals surface area (Å²) in [7, 11) is 0. The second-order valence-electron chi connectivity index (χ2n) is 7.58. The van der Waals surface area contributed by atoms with Gasteiger partial charge >= 0.3 is 6.09 Å². The van der Waals surface area contributed by atoms with Crippen LogP contribution in [0, 0.1) is 0 Å². The Bertz CT molecular complexity index is 1010. The number of amides is 2. The average molecular weight is 459 g/mol. The second kappa shape index (κ2) is 8.65. The lowest BCUT2D eigenvalue weighted by Crippen LogP contribution is -2.40. The molecule has 0 fully saturated rings. The molecule has 7 nitrogen and oxygen atoms in total. The summed E-state index contributed by atoms with van der Waals surface area (Å²) in [6.45, 7) is 5.56. The Labute approximate surface area is 177 Å². The lowest BCUT2D eigenvalue weighted by Gasteiger charge is -2.22.